The zero-order valence-electron chi connectivity index (χ0n) is 8.74. The molecule has 0 saturated heterocycles. The lowest BCUT2D eigenvalue weighted by Crippen LogP contribution is -2.20. The number of halogens is 1. The number of hydrogen-bond acceptors (Lipinski definition) is 2. The molecule has 0 aromatic heterocycles. The summed E-state index contributed by atoms with van der Waals surface area (Å²) >= 11 is 5.84. The largest absolute Gasteiger partial charge is 0.481 e. The number of nitrogens with one attached hydrogen (secondary N) is 1. The number of aliphatic carboxylic acids is 1. The summed E-state index contributed by atoms with van der Waals surface area (Å²) in [6.45, 7) is 1.48. The van der Waals surface area contributed by atoms with E-state index in [1.165, 1.54) is 6.92 Å². The predicted octanol–water partition coefficient (Wildman–Crippen LogP) is 2.39. The number of amides is 1. The van der Waals surface area contributed by atoms with Crippen molar-refractivity contribution in [3.63, 3.8) is 0 Å². The van der Waals surface area contributed by atoms with Gasteiger partial charge in [0.2, 0.25) is 5.91 Å². The Morgan fingerprint density at radius 1 is 1.44 bits per heavy atom. The number of anilines is 1. The van der Waals surface area contributed by atoms with E-state index in [9.17, 15) is 9.59 Å². The van der Waals surface area contributed by atoms with Gasteiger partial charge in [-0.25, -0.2) is 0 Å². The van der Waals surface area contributed by atoms with Crippen LogP contribution in [0.15, 0.2) is 24.3 Å². The van der Waals surface area contributed by atoms with E-state index in [2.05, 4.69) is 5.32 Å². The first-order valence-electron chi connectivity index (χ1n) is 4.78. The second-order valence-electron chi connectivity index (χ2n) is 3.47. The van der Waals surface area contributed by atoms with Gasteiger partial charge in [0.1, 0.15) is 0 Å². The summed E-state index contributed by atoms with van der Waals surface area (Å²) in [4.78, 5) is 22.0. The van der Waals surface area contributed by atoms with Gasteiger partial charge in [-0.3, -0.25) is 9.59 Å². The minimum absolute atomic E-state index is 0.0689. The molecule has 0 fully saturated rings. The van der Waals surface area contributed by atoms with Crippen LogP contribution in [-0.4, -0.2) is 17.0 Å². The average Bonchev–Trinajstić information content (AvgIpc) is 2.21. The Hall–Kier alpha value is -1.55. The van der Waals surface area contributed by atoms with E-state index in [1.807, 2.05) is 0 Å². The number of hydrogen-bond donors (Lipinski definition) is 2. The van der Waals surface area contributed by atoms with Crippen molar-refractivity contribution in [3.05, 3.63) is 29.3 Å². The Kier molecular flexibility index (Phi) is 4.31. The lowest BCUT2D eigenvalue weighted by atomic mass is 10.1. The molecule has 1 atom stereocenters. The fourth-order valence-corrected chi connectivity index (χ4v) is 1.31. The van der Waals surface area contributed by atoms with Gasteiger partial charge < -0.3 is 10.4 Å². The van der Waals surface area contributed by atoms with Crippen molar-refractivity contribution >= 4 is 29.2 Å². The van der Waals surface area contributed by atoms with Gasteiger partial charge in [-0.05, 0) is 12.1 Å². The van der Waals surface area contributed by atoms with Crippen molar-refractivity contribution in [2.75, 3.05) is 5.32 Å². The van der Waals surface area contributed by atoms with E-state index in [1.54, 1.807) is 24.3 Å². The third kappa shape index (κ3) is 3.55. The summed E-state index contributed by atoms with van der Waals surface area (Å²) in [7, 11) is 0. The molecule has 1 amide bonds. The maximum Gasteiger partial charge on any atom is 0.306 e. The molecule has 86 valence electrons. The average molecular weight is 242 g/mol. The van der Waals surface area contributed by atoms with E-state index in [0.717, 1.165) is 0 Å². The van der Waals surface area contributed by atoms with Gasteiger partial charge in [-0.2, -0.15) is 0 Å². The number of rotatable bonds is 4. The lowest BCUT2D eigenvalue weighted by Gasteiger charge is -2.08. The van der Waals surface area contributed by atoms with E-state index >= 15 is 0 Å². The summed E-state index contributed by atoms with van der Waals surface area (Å²) in [6, 6.07) is 6.80. The Balaban J connectivity index is 2.59. The fourth-order valence-electron chi connectivity index (χ4n) is 1.13. The third-order valence-electron chi connectivity index (χ3n) is 2.06. The van der Waals surface area contributed by atoms with Crippen molar-refractivity contribution in [2.24, 2.45) is 5.92 Å². The molecule has 4 nitrogen and oxygen atoms in total. The number of carbonyl (C=O) groups is 2. The molecule has 0 heterocycles. The maximum absolute atomic E-state index is 11.4. The van der Waals surface area contributed by atoms with Crippen LogP contribution in [0, 0.1) is 5.92 Å². The third-order valence-corrected chi connectivity index (χ3v) is 2.39. The van der Waals surface area contributed by atoms with E-state index in [-0.39, 0.29) is 12.3 Å². The SMILES string of the molecule is CC(CC(=O)Nc1ccccc1Cl)C(=O)O. The fraction of sp³-hybridized carbons (Fsp3) is 0.273. The molecular weight excluding hydrogens is 230 g/mol. The number of para-hydroxylation sites is 1. The van der Waals surface area contributed by atoms with Crippen LogP contribution in [0.25, 0.3) is 0 Å². The standard InChI is InChI=1S/C11H12ClNO3/c1-7(11(15)16)6-10(14)13-9-5-3-2-4-8(9)12/h2-5,7H,6H2,1H3,(H,13,14)(H,15,16). The Labute approximate surface area is 98.2 Å². The molecule has 0 spiro atoms. The molecule has 0 bridgehead atoms. The van der Waals surface area contributed by atoms with E-state index in [4.69, 9.17) is 16.7 Å². The van der Waals surface area contributed by atoms with Crippen LogP contribution in [0.2, 0.25) is 5.02 Å². The zero-order chi connectivity index (χ0) is 12.1. The zero-order valence-corrected chi connectivity index (χ0v) is 9.49. The van der Waals surface area contributed by atoms with Gasteiger partial charge in [-0.15, -0.1) is 0 Å². The monoisotopic (exact) mass is 241 g/mol. The van der Waals surface area contributed by atoms with Crippen LogP contribution in [0.3, 0.4) is 0 Å². The smallest absolute Gasteiger partial charge is 0.306 e. The summed E-state index contributed by atoms with van der Waals surface area (Å²) in [5.41, 5.74) is 0.492. The number of carboxylic acid groups (broad SMARTS) is 1. The minimum atomic E-state index is -0.991. The second kappa shape index (κ2) is 5.51. The van der Waals surface area contributed by atoms with Gasteiger partial charge in [0.25, 0.3) is 0 Å². The molecule has 0 aliphatic rings. The number of benzene rings is 1. The van der Waals surface area contributed by atoms with Crippen molar-refractivity contribution in [3.8, 4) is 0 Å². The molecule has 1 aromatic carbocycles. The van der Waals surface area contributed by atoms with Crippen molar-refractivity contribution in [2.45, 2.75) is 13.3 Å². The molecule has 1 aromatic rings. The van der Waals surface area contributed by atoms with Crippen molar-refractivity contribution in [1.82, 2.24) is 0 Å². The van der Waals surface area contributed by atoms with E-state index in [0.29, 0.717) is 10.7 Å². The van der Waals surface area contributed by atoms with Crippen LogP contribution in [-0.2, 0) is 9.59 Å². The van der Waals surface area contributed by atoms with Gasteiger partial charge in [0, 0.05) is 6.42 Å². The first-order chi connectivity index (χ1) is 7.50. The van der Waals surface area contributed by atoms with Gasteiger partial charge in [0.15, 0.2) is 0 Å². The van der Waals surface area contributed by atoms with Crippen LogP contribution in [0.5, 0.6) is 0 Å². The lowest BCUT2D eigenvalue weighted by molar-refractivity contribution is -0.142. The van der Waals surface area contributed by atoms with Crippen LogP contribution in [0.4, 0.5) is 5.69 Å². The van der Waals surface area contributed by atoms with Crippen molar-refractivity contribution < 1.29 is 14.7 Å². The second-order valence-corrected chi connectivity index (χ2v) is 3.88. The topological polar surface area (TPSA) is 66.4 Å². The Morgan fingerprint density at radius 2 is 2.06 bits per heavy atom. The minimum Gasteiger partial charge on any atom is -0.481 e. The van der Waals surface area contributed by atoms with Gasteiger partial charge >= 0.3 is 5.97 Å². The molecule has 1 unspecified atom stereocenters. The summed E-state index contributed by atoms with van der Waals surface area (Å²) < 4.78 is 0. The van der Waals surface area contributed by atoms with Crippen LogP contribution in [0.1, 0.15) is 13.3 Å². The quantitative estimate of drug-likeness (QED) is 0.851. The number of carbonyl (C=O) groups excluding carboxylic acids is 1. The molecule has 5 heteroatoms. The van der Waals surface area contributed by atoms with E-state index < -0.39 is 11.9 Å². The molecule has 0 aliphatic heterocycles. The first-order valence-corrected chi connectivity index (χ1v) is 5.15. The maximum atomic E-state index is 11.4. The highest BCUT2D eigenvalue weighted by molar-refractivity contribution is 6.33. The highest BCUT2D eigenvalue weighted by atomic mass is 35.5. The Bertz CT molecular complexity index is 406. The van der Waals surface area contributed by atoms with Gasteiger partial charge in [0.05, 0.1) is 16.6 Å². The predicted molar refractivity (Wildman–Crippen MR) is 61.5 cm³/mol. The highest BCUT2D eigenvalue weighted by Gasteiger charge is 2.16. The molecule has 16 heavy (non-hydrogen) atoms. The van der Waals surface area contributed by atoms with Crippen LogP contribution < -0.4 is 5.32 Å². The molecule has 0 aliphatic carbocycles. The van der Waals surface area contributed by atoms with Crippen molar-refractivity contribution in [1.29, 1.82) is 0 Å². The first kappa shape index (κ1) is 12.5. The molecule has 0 saturated carbocycles. The highest BCUT2D eigenvalue weighted by Crippen LogP contribution is 2.20. The molecule has 1 rings (SSSR count). The van der Waals surface area contributed by atoms with Gasteiger partial charge in [-0.1, -0.05) is 30.7 Å². The molecule has 0 radical (unpaired) electrons. The summed E-state index contributed by atoms with van der Waals surface area (Å²) in [5, 5.41) is 11.6. The summed E-state index contributed by atoms with van der Waals surface area (Å²) in [6.07, 6.45) is -0.0689. The normalized spacial score (nSPS) is 11.9. The summed E-state index contributed by atoms with van der Waals surface area (Å²) in [5.74, 6) is -2.06. The number of carboxylic acids is 1. The molecule has 2 N–H and O–H groups in total. The molecular formula is C11H12ClNO3. The van der Waals surface area contributed by atoms with Crippen LogP contribution >= 0.6 is 11.6 Å². The Morgan fingerprint density at radius 3 is 2.62 bits per heavy atom.